The van der Waals surface area contributed by atoms with Gasteiger partial charge in [-0.3, -0.25) is 0 Å². The molecule has 7 heavy (non-hydrogen) atoms. The van der Waals surface area contributed by atoms with Gasteiger partial charge in [0.1, 0.15) is 0 Å². The third kappa shape index (κ3) is 0.450. The lowest BCUT2D eigenvalue weighted by Gasteiger charge is -1.87. The second-order valence-electron chi connectivity index (χ2n) is 1.12. The van der Waals surface area contributed by atoms with Gasteiger partial charge in [0, 0.05) is 0 Å². The van der Waals surface area contributed by atoms with Crippen LogP contribution in [0.3, 0.4) is 0 Å². The second-order valence-corrected chi connectivity index (χ2v) is 3.17. The average Bonchev–Trinajstić information content (AvgIpc) is 2.22. The highest BCUT2D eigenvalue weighted by Crippen LogP contribution is 2.36. The van der Waals surface area contributed by atoms with Gasteiger partial charge >= 0.3 is 0 Å². The van der Waals surface area contributed by atoms with E-state index in [0.717, 1.165) is 5.03 Å². The summed E-state index contributed by atoms with van der Waals surface area (Å²) in [6, 6.07) is 0. The molecule has 0 aliphatic carbocycles. The van der Waals surface area contributed by atoms with Crippen LogP contribution in [-0.4, -0.2) is 14.4 Å². The molecule has 1 aliphatic heterocycles. The SMILES string of the molecule is c1c2nnn1SS2. The van der Waals surface area contributed by atoms with Gasteiger partial charge in [0.05, 0.1) is 17.2 Å². The van der Waals surface area contributed by atoms with E-state index in [1.165, 1.54) is 0 Å². The molecule has 36 valence electrons. The maximum absolute atomic E-state index is 3.76. The van der Waals surface area contributed by atoms with E-state index in [1.807, 2.05) is 6.20 Å². The average molecular weight is 131 g/mol. The van der Waals surface area contributed by atoms with Gasteiger partial charge < -0.3 is 0 Å². The van der Waals surface area contributed by atoms with Gasteiger partial charge in [-0.05, 0) is 10.8 Å². The third-order valence-electron chi connectivity index (χ3n) is 0.651. The molecular formula is C2HN3S2. The molecule has 0 N–H and O–H groups in total. The summed E-state index contributed by atoms with van der Waals surface area (Å²) < 4.78 is 1.74. The van der Waals surface area contributed by atoms with Crippen LogP contribution in [0.1, 0.15) is 0 Å². The van der Waals surface area contributed by atoms with Crippen LogP contribution in [0.2, 0.25) is 0 Å². The molecule has 0 unspecified atom stereocenters. The minimum absolute atomic E-state index is 1.00. The maximum Gasteiger partial charge on any atom is 0.152 e. The van der Waals surface area contributed by atoms with Gasteiger partial charge in [0.25, 0.3) is 0 Å². The Morgan fingerprint density at radius 2 is 2.71 bits per heavy atom. The third-order valence-corrected chi connectivity index (χ3v) is 2.61. The van der Waals surface area contributed by atoms with E-state index < -0.39 is 0 Å². The van der Waals surface area contributed by atoms with Crippen molar-refractivity contribution in [2.45, 2.75) is 5.03 Å². The largest absolute Gasteiger partial charge is 0.181 e. The van der Waals surface area contributed by atoms with E-state index in [4.69, 9.17) is 0 Å². The monoisotopic (exact) mass is 131 g/mol. The van der Waals surface area contributed by atoms with E-state index in [-0.39, 0.29) is 0 Å². The highest BCUT2D eigenvalue weighted by Gasteiger charge is 2.09. The first-order chi connectivity index (χ1) is 3.45. The lowest BCUT2D eigenvalue weighted by Crippen LogP contribution is -1.83. The quantitative estimate of drug-likeness (QED) is 0.487. The van der Waals surface area contributed by atoms with E-state index in [0.29, 0.717) is 0 Å². The van der Waals surface area contributed by atoms with Crippen molar-refractivity contribution in [3.8, 4) is 0 Å². The molecule has 0 saturated heterocycles. The van der Waals surface area contributed by atoms with Gasteiger partial charge in [-0.25, -0.2) is 0 Å². The topological polar surface area (TPSA) is 30.7 Å². The summed E-state index contributed by atoms with van der Waals surface area (Å²) in [5.74, 6) is 0. The Hall–Kier alpha value is -0.160. The summed E-state index contributed by atoms with van der Waals surface area (Å²) in [6.07, 6.45) is 1.90. The normalized spacial score (nSPS) is 15.4. The van der Waals surface area contributed by atoms with E-state index in [2.05, 4.69) is 10.3 Å². The molecule has 5 heteroatoms. The molecule has 0 amide bonds. The minimum Gasteiger partial charge on any atom is -0.181 e. The summed E-state index contributed by atoms with van der Waals surface area (Å²) in [7, 11) is 3.22. The Bertz CT molecular complexity index is 164. The molecule has 0 saturated carbocycles. The Morgan fingerprint density at radius 3 is 2.86 bits per heavy atom. The second kappa shape index (κ2) is 1.16. The zero-order chi connectivity index (χ0) is 4.69. The van der Waals surface area contributed by atoms with Crippen LogP contribution in [0.25, 0.3) is 0 Å². The van der Waals surface area contributed by atoms with Crippen LogP contribution in [-0.2, 0) is 0 Å². The van der Waals surface area contributed by atoms with Crippen molar-refractivity contribution in [2.24, 2.45) is 0 Å². The zero-order valence-corrected chi connectivity index (χ0v) is 4.87. The smallest absolute Gasteiger partial charge is 0.152 e. The molecule has 0 spiro atoms. The molecule has 1 aromatic rings. The van der Waals surface area contributed by atoms with Crippen LogP contribution in [0.4, 0.5) is 0 Å². The van der Waals surface area contributed by atoms with Crippen molar-refractivity contribution in [2.75, 3.05) is 0 Å². The van der Waals surface area contributed by atoms with Crippen molar-refractivity contribution in [3.05, 3.63) is 6.20 Å². The molecule has 0 atom stereocenters. The molecule has 2 rings (SSSR count). The standard InChI is InChI=1S/C2HN3S2/c1-2-3-4-5(1)7-6-2/h1H. The Morgan fingerprint density at radius 1 is 1.71 bits per heavy atom. The molecule has 3 nitrogen and oxygen atoms in total. The minimum atomic E-state index is 1.00. The Balaban J connectivity index is 2.71. The molecule has 2 heterocycles. The molecule has 2 bridgehead atoms. The molecule has 0 fully saturated rings. The molecule has 1 aromatic heterocycles. The zero-order valence-electron chi connectivity index (χ0n) is 3.24. The fourth-order valence-corrected chi connectivity index (χ4v) is 1.93. The summed E-state index contributed by atoms with van der Waals surface area (Å²) in [6.45, 7) is 0. The van der Waals surface area contributed by atoms with Crippen molar-refractivity contribution in [1.29, 1.82) is 0 Å². The van der Waals surface area contributed by atoms with Gasteiger partial charge in [-0.1, -0.05) is 5.21 Å². The van der Waals surface area contributed by atoms with E-state index in [1.54, 1.807) is 25.9 Å². The van der Waals surface area contributed by atoms with Crippen molar-refractivity contribution >= 4 is 21.8 Å². The number of hydrogen-bond acceptors (Lipinski definition) is 4. The maximum atomic E-state index is 3.76. The van der Waals surface area contributed by atoms with Gasteiger partial charge in [0.2, 0.25) is 0 Å². The lowest BCUT2D eigenvalue weighted by molar-refractivity contribution is 0.872. The van der Waals surface area contributed by atoms with E-state index >= 15 is 0 Å². The first-order valence-electron chi connectivity index (χ1n) is 1.72. The molecule has 0 aromatic carbocycles. The number of rotatable bonds is 0. The molecule has 0 radical (unpaired) electrons. The highest BCUT2D eigenvalue weighted by molar-refractivity contribution is 8.76. The molecule has 1 aliphatic rings. The van der Waals surface area contributed by atoms with Crippen molar-refractivity contribution < 1.29 is 0 Å². The van der Waals surface area contributed by atoms with Crippen LogP contribution >= 0.6 is 21.8 Å². The molecular weight excluding hydrogens is 130 g/mol. The van der Waals surface area contributed by atoms with Crippen molar-refractivity contribution in [3.63, 3.8) is 0 Å². The first kappa shape index (κ1) is 3.80. The fourth-order valence-electron chi connectivity index (χ4n) is 0.385. The summed E-state index contributed by atoms with van der Waals surface area (Å²) >= 11 is 0. The number of hydrogen-bond donors (Lipinski definition) is 0. The predicted octanol–water partition coefficient (Wildman–Crippen LogP) is 0.795. The summed E-state index contributed by atoms with van der Waals surface area (Å²) in [4.78, 5) is 0. The number of fused-ring (bicyclic) bond motifs is 2. The predicted molar refractivity (Wildman–Crippen MR) is 28.9 cm³/mol. The fraction of sp³-hybridized carbons (Fsp3) is 0. The number of aromatic nitrogens is 3. The lowest BCUT2D eigenvalue weighted by atomic mass is 11.0. The van der Waals surface area contributed by atoms with Crippen molar-refractivity contribution in [1.82, 2.24) is 14.4 Å². The van der Waals surface area contributed by atoms with Gasteiger partial charge in [0.15, 0.2) is 5.03 Å². The summed E-state index contributed by atoms with van der Waals surface area (Å²) in [5.41, 5.74) is 0. The van der Waals surface area contributed by atoms with Crippen LogP contribution in [0, 0.1) is 0 Å². The van der Waals surface area contributed by atoms with E-state index in [9.17, 15) is 0 Å². The van der Waals surface area contributed by atoms with Crippen LogP contribution in [0.15, 0.2) is 11.2 Å². The first-order valence-corrected chi connectivity index (χ1v) is 3.83. The van der Waals surface area contributed by atoms with Crippen LogP contribution < -0.4 is 0 Å². The van der Waals surface area contributed by atoms with Crippen LogP contribution in [0.5, 0.6) is 0 Å². The highest BCUT2D eigenvalue weighted by atomic mass is 33.1. The van der Waals surface area contributed by atoms with Gasteiger partial charge in [-0.2, -0.15) is 4.09 Å². The Kier molecular flexibility index (Phi) is 0.631. The summed E-state index contributed by atoms with van der Waals surface area (Å²) in [5, 5.41) is 8.47. The van der Waals surface area contributed by atoms with Gasteiger partial charge in [-0.15, -0.1) is 5.10 Å². The Labute approximate surface area is 48.0 Å². The number of nitrogens with zero attached hydrogens (tertiary/aromatic N) is 3.